The van der Waals surface area contributed by atoms with Gasteiger partial charge in [-0.3, -0.25) is 19.1 Å². The molecule has 0 saturated carbocycles. The third-order valence-corrected chi connectivity index (χ3v) is 7.36. The lowest BCUT2D eigenvalue weighted by Gasteiger charge is -2.24. The molecule has 0 bridgehead atoms. The number of alkyl carbamates (subject to hydrolysis) is 1. The Morgan fingerprint density at radius 1 is 1.05 bits per heavy atom. The Morgan fingerprint density at radius 3 is 2.32 bits per heavy atom. The zero-order valence-corrected chi connectivity index (χ0v) is 22.3. The first-order valence-electron chi connectivity index (χ1n) is 12.0. The maximum Gasteiger partial charge on any atom is 0.407 e. The Balaban J connectivity index is 1.80. The lowest BCUT2D eigenvalue weighted by Crippen LogP contribution is -2.52. The SMILES string of the molecule is CCOC(=O)N[C@@H](Cc1ccccc1)C(=O)N[C@@H](Cc1ccc(NS(=O)(=O)O)cc1)C1=NC(CC)CS1. The van der Waals surface area contributed by atoms with Crippen molar-refractivity contribution in [3.8, 4) is 0 Å². The van der Waals surface area contributed by atoms with Gasteiger partial charge in [0.15, 0.2) is 0 Å². The molecule has 12 heteroatoms. The second kappa shape index (κ2) is 13.5. The van der Waals surface area contributed by atoms with Gasteiger partial charge in [0.2, 0.25) is 5.91 Å². The van der Waals surface area contributed by atoms with Gasteiger partial charge >= 0.3 is 16.4 Å². The van der Waals surface area contributed by atoms with Crippen LogP contribution in [0.3, 0.4) is 0 Å². The van der Waals surface area contributed by atoms with Gasteiger partial charge in [0.1, 0.15) is 6.04 Å². The molecule has 4 N–H and O–H groups in total. The van der Waals surface area contributed by atoms with E-state index in [1.807, 2.05) is 35.1 Å². The first-order valence-corrected chi connectivity index (χ1v) is 14.4. The minimum atomic E-state index is -4.37. The van der Waals surface area contributed by atoms with Crippen LogP contribution in [-0.4, -0.2) is 60.5 Å². The number of nitrogens with zero attached hydrogens (tertiary/aromatic N) is 1. The molecule has 10 nitrogen and oxygen atoms in total. The van der Waals surface area contributed by atoms with E-state index in [0.717, 1.165) is 28.3 Å². The number of nitrogens with one attached hydrogen (secondary N) is 3. The van der Waals surface area contributed by atoms with E-state index in [-0.39, 0.29) is 30.7 Å². The fourth-order valence-corrected chi connectivity index (χ4v) is 5.45. The molecule has 3 atom stereocenters. The highest BCUT2D eigenvalue weighted by Crippen LogP contribution is 2.24. The molecule has 3 rings (SSSR count). The van der Waals surface area contributed by atoms with Crippen LogP contribution in [-0.2, 0) is 32.7 Å². The standard InChI is InChI=1S/C25H32N4O6S2/c1-3-19-16-36-24(26-19)22(15-18-10-12-20(13-11-18)29-37(32,33)34)27-23(30)21(28-25(31)35-4-2)14-17-8-6-5-7-9-17/h5-13,19,21-22,29H,3-4,14-16H2,1-2H3,(H,27,30)(H,28,31)(H,32,33,34)/t19?,21-,22-/m0/s1. The Kier molecular flexibility index (Phi) is 10.4. The van der Waals surface area contributed by atoms with Crippen LogP contribution in [0.25, 0.3) is 0 Å². The van der Waals surface area contributed by atoms with Crippen molar-refractivity contribution in [1.29, 1.82) is 0 Å². The number of amides is 2. The van der Waals surface area contributed by atoms with Gasteiger partial charge in [0, 0.05) is 12.2 Å². The minimum absolute atomic E-state index is 0.165. The molecule has 0 fully saturated rings. The van der Waals surface area contributed by atoms with Gasteiger partial charge in [-0.15, -0.1) is 11.8 Å². The average Bonchev–Trinajstić information content (AvgIpc) is 3.34. The van der Waals surface area contributed by atoms with Gasteiger partial charge in [-0.25, -0.2) is 4.79 Å². The third kappa shape index (κ3) is 9.38. The number of anilines is 1. The summed E-state index contributed by atoms with van der Waals surface area (Å²) in [5, 5.41) is 6.53. The van der Waals surface area contributed by atoms with Gasteiger partial charge in [-0.05, 0) is 43.0 Å². The molecule has 1 aliphatic heterocycles. The summed E-state index contributed by atoms with van der Waals surface area (Å²) in [4.78, 5) is 30.4. The Hall–Kier alpha value is -3.09. The van der Waals surface area contributed by atoms with Gasteiger partial charge in [0.25, 0.3) is 0 Å². The van der Waals surface area contributed by atoms with Gasteiger partial charge in [-0.1, -0.05) is 49.4 Å². The van der Waals surface area contributed by atoms with Crippen LogP contribution >= 0.6 is 11.8 Å². The second-order valence-electron chi connectivity index (χ2n) is 8.49. The summed E-state index contributed by atoms with van der Waals surface area (Å²) in [5.41, 5.74) is 1.93. The van der Waals surface area contributed by atoms with Crippen LogP contribution in [0.2, 0.25) is 0 Å². The minimum Gasteiger partial charge on any atom is -0.450 e. The van der Waals surface area contributed by atoms with E-state index in [1.165, 1.54) is 12.1 Å². The fourth-order valence-electron chi connectivity index (χ4n) is 3.78. The number of carbonyl (C=O) groups is 2. The highest BCUT2D eigenvalue weighted by molar-refractivity contribution is 8.14. The van der Waals surface area contributed by atoms with Gasteiger partial charge in [-0.2, -0.15) is 8.42 Å². The lowest BCUT2D eigenvalue weighted by atomic mass is 10.0. The maximum absolute atomic E-state index is 13.5. The van der Waals surface area contributed by atoms with Crippen LogP contribution < -0.4 is 15.4 Å². The Bertz CT molecular complexity index is 1190. The molecule has 37 heavy (non-hydrogen) atoms. The normalized spacial score (nSPS) is 16.8. The summed E-state index contributed by atoms with van der Waals surface area (Å²) in [6.45, 7) is 3.94. The van der Waals surface area contributed by atoms with Crippen molar-refractivity contribution in [1.82, 2.24) is 10.6 Å². The van der Waals surface area contributed by atoms with Crippen LogP contribution in [0.15, 0.2) is 59.6 Å². The molecule has 2 aromatic rings. The molecule has 2 amide bonds. The van der Waals surface area contributed by atoms with E-state index >= 15 is 0 Å². The van der Waals surface area contributed by atoms with Crippen molar-refractivity contribution >= 4 is 44.8 Å². The topological polar surface area (TPSA) is 146 Å². The third-order valence-electron chi connectivity index (χ3n) is 5.63. The quantitative estimate of drug-likeness (QED) is 0.298. The van der Waals surface area contributed by atoms with Crippen LogP contribution in [0.1, 0.15) is 31.4 Å². The smallest absolute Gasteiger partial charge is 0.407 e. The molecule has 0 radical (unpaired) electrons. The summed E-state index contributed by atoms with van der Waals surface area (Å²) in [7, 11) is -4.37. The molecule has 0 saturated heterocycles. The van der Waals surface area contributed by atoms with Crippen LogP contribution in [0.5, 0.6) is 0 Å². The van der Waals surface area contributed by atoms with Gasteiger partial charge in [0.05, 0.1) is 29.4 Å². The molecular formula is C25H32N4O6S2. The number of hydrogen-bond donors (Lipinski definition) is 4. The van der Waals surface area contributed by atoms with E-state index in [0.29, 0.717) is 6.42 Å². The molecule has 2 aromatic carbocycles. The van der Waals surface area contributed by atoms with E-state index in [2.05, 4.69) is 17.6 Å². The lowest BCUT2D eigenvalue weighted by molar-refractivity contribution is -0.123. The summed E-state index contributed by atoms with van der Waals surface area (Å²) < 4.78 is 38.1. The second-order valence-corrected chi connectivity index (χ2v) is 10.7. The molecular weight excluding hydrogens is 516 g/mol. The van der Waals surface area contributed by atoms with E-state index in [1.54, 1.807) is 30.8 Å². The Labute approximate surface area is 221 Å². The number of rotatable bonds is 12. The predicted molar refractivity (Wildman–Crippen MR) is 145 cm³/mol. The first-order chi connectivity index (χ1) is 17.7. The highest BCUT2D eigenvalue weighted by atomic mass is 32.2. The van der Waals surface area contributed by atoms with E-state index < -0.39 is 28.5 Å². The summed E-state index contributed by atoms with van der Waals surface area (Å²) in [6, 6.07) is 14.7. The van der Waals surface area contributed by atoms with Crippen molar-refractivity contribution in [2.45, 2.75) is 51.2 Å². The van der Waals surface area contributed by atoms with Gasteiger partial charge < -0.3 is 15.4 Å². The fraction of sp³-hybridized carbons (Fsp3) is 0.400. The van der Waals surface area contributed by atoms with Crippen molar-refractivity contribution in [2.24, 2.45) is 4.99 Å². The number of ether oxygens (including phenoxy) is 1. The molecule has 0 aromatic heterocycles. The molecule has 1 unspecified atom stereocenters. The maximum atomic E-state index is 13.5. The Morgan fingerprint density at radius 2 is 1.73 bits per heavy atom. The van der Waals surface area contributed by atoms with Crippen LogP contribution in [0.4, 0.5) is 10.5 Å². The molecule has 0 spiro atoms. The van der Waals surface area contributed by atoms with Crippen molar-refractivity contribution in [3.63, 3.8) is 0 Å². The summed E-state index contributed by atoms with van der Waals surface area (Å²) in [5.74, 6) is 0.457. The monoisotopic (exact) mass is 548 g/mol. The number of aliphatic imine (C=N–C) groups is 1. The zero-order valence-electron chi connectivity index (χ0n) is 20.7. The molecule has 1 heterocycles. The van der Waals surface area contributed by atoms with Crippen LogP contribution in [0, 0.1) is 0 Å². The molecule has 0 aliphatic carbocycles. The average molecular weight is 549 g/mol. The first kappa shape index (κ1) is 28.5. The van der Waals surface area contributed by atoms with Crippen molar-refractivity contribution in [3.05, 3.63) is 65.7 Å². The van der Waals surface area contributed by atoms with E-state index in [9.17, 15) is 18.0 Å². The van der Waals surface area contributed by atoms with Crippen molar-refractivity contribution < 1.29 is 27.3 Å². The highest BCUT2D eigenvalue weighted by Gasteiger charge is 2.29. The van der Waals surface area contributed by atoms with Crippen molar-refractivity contribution in [2.75, 3.05) is 17.1 Å². The summed E-state index contributed by atoms with van der Waals surface area (Å²) >= 11 is 1.59. The predicted octanol–water partition coefficient (Wildman–Crippen LogP) is 3.21. The molecule has 200 valence electrons. The zero-order chi connectivity index (χ0) is 26.8. The molecule has 1 aliphatic rings. The number of hydrogen-bond acceptors (Lipinski definition) is 7. The largest absolute Gasteiger partial charge is 0.450 e. The number of thioether (sulfide) groups is 1. The summed E-state index contributed by atoms with van der Waals surface area (Å²) in [6.07, 6.45) is 0.896. The number of benzene rings is 2. The number of carbonyl (C=O) groups excluding carboxylic acids is 2. The van der Waals surface area contributed by atoms with E-state index in [4.69, 9.17) is 14.3 Å².